The van der Waals surface area contributed by atoms with Gasteiger partial charge in [-0.15, -0.1) is 0 Å². The first-order valence-corrected chi connectivity index (χ1v) is 7.92. The zero-order valence-electron chi connectivity index (χ0n) is 13.2. The molecule has 3 rings (SSSR count). The van der Waals surface area contributed by atoms with E-state index in [1.165, 1.54) is 11.1 Å². The first kappa shape index (κ1) is 15.2. The Hall–Kier alpha value is -2.67. The Morgan fingerprint density at radius 2 is 0.957 bits per heavy atom. The van der Waals surface area contributed by atoms with Crippen molar-refractivity contribution in [2.45, 2.75) is 18.8 Å². The number of benzene rings is 3. The van der Waals surface area contributed by atoms with Crippen LogP contribution in [-0.4, -0.2) is 5.78 Å². The Morgan fingerprint density at radius 1 is 0.609 bits per heavy atom. The summed E-state index contributed by atoms with van der Waals surface area (Å²) in [6.45, 7) is 1.69. The van der Waals surface area contributed by atoms with Crippen LogP contribution in [-0.2, 0) is 4.79 Å². The molecule has 1 atom stereocenters. The molecule has 0 radical (unpaired) electrons. The lowest BCUT2D eigenvalue weighted by Crippen LogP contribution is -2.19. The number of carbonyl (C=O) groups excluding carboxylic acids is 1. The SMILES string of the molecule is CC(=O)C(c1ccccc1)C(c1ccccc1)c1ccccc1. The molecule has 0 aromatic heterocycles. The maximum Gasteiger partial charge on any atom is 0.138 e. The fraction of sp³-hybridized carbons (Fsp3) is 0.136. The minimum atomic E-state index is -0.180. The topological polar surface area (TPSA) is 17.1 Å². The number of ketones is 1. The molecular weight excluding hydrogens is 280 g/mol. The van der Waals surface area contributed by atoms with Gasteiger partial charge in [-0.25, -0.2) is 0 Å². The molecule has 3 aromatic carbocycles. The Morgan fingerprint density at radius 3 is 1.30 bits per heavy atom. The highest BCUT2D eigenvalue weighted by molar-refractivity contribution is 5.85. The van der Waals surface area contributed by atoms with Gasteiger partial charge in [0.25, 0.3) is 0 Å². The van der Waals surface area contributed by atoms with Crippen molar-refractivity contribution in [3.63, 3.8) is 0 Å². The van der Waals surface area contributed by atoms with Crippen LogP contribution in [0.4, 0.5) is 0 Å². The van der Waals surface area contributed by atoms with Gasteiger partial charge in [0.2, 0.25) is 0 Å². The van der Waals surface area contributed by atoms with Gasteiger partial charge in [-0.1, -0.05) is 91.0 Å². The molecule has 1 unspecified atom stereocenters. The molecule has 0 saturated heterocycles. The molecule has 0 fully saturated rings. The zero-order valence-corrected chi connectivity index (χ0v) is 13.2. The highest BCUT2D eigenvalue weighted by Crippen LogP contribution is 2.38. The number of Topliss-reactive ketones (excluding diaryl/α,β-unsaturated/α-hetero) is 1. The molecule has 0 spiro atoms. The Bertz CT molecular complexity index is 708. The van der Waals surface area contributed by atoms with E-state index in [1.807, 2.05) is 66.7 Å². The maximum absolute atomic E-state index is 12.5. The van der Waals surface area contributed by atoms with Crippen LogP contribution < -0.4 is 0 Å². The third kappa shape index (κ3) is 3.40. The molecule has 0 heterocycles. The average Bonchev–Trinajstić information content (AvgIpc) is 2.61. The lowest BCUT2D eigenvalue weighted by Gasteiger charge is -2.27. The second kappa shape index (κ2) is 7.06. The van der Waals surface area contributed by atoms with Crippen molar-refractivity contribution in [2.24, 2.45) is 0 Å². The summed E-state index contributed by atoms with van der Waals surface area (Å²) in [5.41, 5.74) is 3.41. The maximum atomic E-state index is 12.5. The minimum Gasteiger partial charge on any atom is -0.299 e. The third-order valence-corrected chi connectivity index (χ3v) is 4.25. The predicted molar refractivity (Wildman–Crippen MR) is 94.6 cm³/mol. The van der Waals surface area contributed by atoms with Crippen LogP contribution in [0.3, 0.4) is 0 Å². The Kier molecular flexibility index (Phi) is 4.68. The highest BCUT2D eigenvalue weighted by Gasteiger charge is 2.29. The molecule has 1 nitrogen and oxygen atoms in total. The van der Waals surface area contributed by atoms with Crippen molar-refractivity contribution >= 4 is 5.78 Å². The van der Waals surface area contributed by atoms with Crippen LogP contribution in [0.15, 0.2) is 91.0 Å². The highest BCUT2D eigenvalue weighted by atomic mass is 16.1. The summed E-state index contributed by atoms with van der Waals surface area (Å²) in [7, 11) is 0. The fourth-order valence-corrected chi connectivity index (χ4v) is 3.22. The Labute approximate surface area is 137 Å². The van der Waals surface area contributed by atoms with Gasteiger partial charge in [-0.3, -0.25) is 4.79 Å². The van der Waals surface area contributed by atoms with Crippen molar-refractivity contribution in [3.8, 4) is 0 Å². The van der Waals surface area contributed by atoms with Crippen molar-refractivity contribution in [1.29, 1.82) is 0 Å². The van der Waals surface area contributed by atoms with E-state index in [9.17, 15) is 4.79 Å². The van der Waals surface area contributed by atoms with Crippen LogP contribution in [0, 0.1) is 0 Å². The molecule has 0 aliphatic heterocycles. The normalized spacial score (nSPS) is 12.1. The van der Waals surface area contributed by atoms with Crippen molar-refractivity contribution in [1.82, 2.24) is 0 Å². The van der Waals surface area contributed by atoms with Crippen LogP contribution in [0.5, 0.6) is 0 Å². The fourth-order valence-electron chi connectivity index (χ4n) is 3.22. The number of carbonyl (C=O) groups is 1. The van der Waals surface area contributed by atoms with Gasteiger partial charge in [0, 0.05) is 5.92 Å². The summed E-state index contributed by atoms with van der Waals surface area (Å²) in [6, 6.07) is 30.7. The van der Waals surface area contributed by atoms with E-state index in [4.69, 9.17) is 0 Å². The molecule has 0 bridgehead atoms. The summed E-state index contributed by atoms with van der Waals surface area (Å²) in [6.07, 6.45) is 0. The van der Waals surface area contributed by atoms with Gasteiger partial charge < -0.3 is 0 Å². The van der Waals surface area contributed by atoms with E-state index in [2.05, 4.69) is 24.3 Å². The van der Waals surface area contributed by atoms with Gasteiger partial charge in [0.05, 0.1) is 5.92 Å². The van der Waals surface area contributed by atoms with Crippen molar-refractivity contribution < 1.29 is 4.79 Å². The average molecular weight is 300 g/mol. The summed E-state index contributed by atoms with van der Waals surface area (Å²) >= 11 is 0. The Balaban J connectivity index is 2.15. The first-order chi connectivity index (χ1) is 11.3. The van der Waals surface area contributed by atoms with Crippen LogP contribution in [0.1, 0.15) is 35.4 Å². The van der Waals surface area contributed by atoms with Gasteiger partial charge in [-0.2, -0.15) is 0 Å². The summed E-state index contributed by atoms with van der Waals surface area (Å²) < 4.78 is 0. The smallest absolute Gasteiger partial charge is 0.138 e. The molecule has 114 valence electrons. The quantitative estimate of drug-likeness (QED) is 0.633. The van der Waals surface area contributed by atoms with Crippen LogP contribution in [0.25, 0.3) is 0 Å². The summed E-state index contributed by atoms with van der Waals surface area (Å²) in [5.74, 6) is 0.0345. The standard InChI is InChI=1S/C22H20O/c1-17(23)21(18-11-5-2-6-12-18)22(19-13-7-3-8-14-19)20-15-9-4-10-16-20/h2-16,21-22H,1H3. The molecule has 0 N–H and O–H groups in total. The van der Waals surface area contributed by atoms with Crippen molar-refractivity contribution in [3.05, 3.63) is 108 Å². The van der Waals surface area contributed by atoms with E-state index < -0.39 is 0 Å². The molecule has 23 heavy (non-hydrogen) atoms. The van der Waals surface area contributed by atoms with Gasteiger partial charge in [-0.05, 0) is 23.6 Å². The first-order valence-electron chi connectivity index (χ1n) is 7.92. The lowest BCUT2D eigenvalue weighted by molar-refractivity contribution is -0.118. The molecular formula is C22H20O. The van der Waals surface area contributed by atoms with E-state index in [-0.39, 0.29) is 17.6 Å². The monoisotopic (exact) mass is 300 g/mol. The summed E-state index contributed by atoms with van der Waals surface area (Å²) in [4.78, 5) is 12.5. The van der Waals surface area contributed by atoms with Gasteiger partial charge in [0.1, 0.15) is 5.78 Å². The van der Waals surface area contributed by atoms with E-state index >= 15 is 0 Å². The molecule has 0 aliphatic carbocycles. The summed E-state index contributed by atoms with van der Waals surface area (Å²) in [5, 5.41) is 0. The molecule has 3 aromatic rings. The second-order valence-corrected chi connectivity index (χ2v) is 5.80. The van der Waals surface area contributed by atoms with Crippen LogP contribution >= 0.6 is 0 Å². The zero-order chi connectivity index (χ0) is 16.1. The minimum absolute atomic E-state index is 0.0253. The van der Waals surface area contributed by atoms with E-state index in [0.717, 1.165) is 5.56 Å². The predicted octanol–water partition coefficient (Wildman–Crippen LogP) is 5.19. The van der Waals surface area contributed by atoms with Crippen LogP contribution in [0.2, 0.25) is 0 Å². The molecule has 0 aliphatic rings. The number of rotatable bonds is 5. The van der Waals surface area contributed by atoms with E-state index in [0.29, 0.717) is 0 Å². The van der Waals surface area contributed by atoms with Gasteiger partial charge in [0.15, 0.2) is 0 Å². The lowest BCUT2D eigenvalue weighted by atomic mass is 9.75. The van der Waals surface area contributed by atoms with E-state index in [1.54, 1.807) is 6.92 Å². The number of hydrogen-bond donors (Lipinski definition) is 0. The largest absolute Gasteiger partial charge is 0.299 e. The molecule has 1 heteroatoms. The third-order valence-electron chi connectivity index (χ3n) is 4.25. The van der Waals surface area contributed by atoms with Gasteiger partial charge >= 0.3 is 0 Å². The van der Waals surface area contributed by atoms with Crippen molar-refractivity contribution in [2.75, 3.05) is 0 Å². The molecule has 0 amide bonds. The number of hydrogen-bond acceptors (Lipinski definition) is 1. The second-order valence-electron chi connectivity index (χ2n) is 5.80. The molecule has 0 saturated carbocycles.